The van der Waals surface area contributed by atoms with E-state index in [1.807, 2.05) is 43.0 Å². The lowest BCUT2D eigenvalue weighted by Crippen LogP contribution is -2.48. The number of halogens is 1. The van der Waals surface area contributed by atoms with E-state index in [2.05, 4.69) is 5.32 Å². The van der Waals surface area contributed by atoms with E-state index in [-0.39, 0.29) is 30.3 Å². The SMILES string of the molecule is CC(C)[C@H](N)C(=O)NCC(=O)N(Cc1ccc(Cl)cc1)C1CC1. The molecule has 1 saturated carbocycles. The second-order valence-corrected chi connectivity index (χ2v) is 6.80. The number of carbonyl (C=O) groups is 2. The molecule has 1 fully saturated rings. The maximum absolute atomic E-state index is 12.4. The molecule has 1 aromatic rings. The molecule has 0 heterocycles. The normalized spacial score (nSPS) is 15.3. The van der Waals surface area contributed by atoms with Gasteiger partial charge >= 0.3 is 0 Å². The van der Waals surface area contributed by atoms with Crippen LogP contribution in [0.15, 0.2) is 24.3 Å². The highest BCUT2D eigenvalue weighted by Crippen LogP contribution is 2.28. The molecule has 5 nitrogen and oxygen atoms in total. The van der Waals surface area contributed by atoms with Crippen LogP contribution in [-0.2, 0) is 16.1 Å². The van der Waals surface area contributed by atoms with Gasteiger partial charge in [0.15, 0.2) is 0 Å². The zero-order valence-corrected chi connectivity index (χ0v) is 14.3. The van der Waals surface area contributed by atoms with Gasteiger partial charge in [0.2, 0.25) is 11.8 Å². The van der Waals surface area contributed by atoms with Crippen LogP contribution in [0.4, 0.5) is 0 Å². The van der Waals surface area contributed by atoms with Crippen molar-refractivity contribution < 1.29 is 9.59 Å². The Bertz CT molecular complexity index is 555. The average Bonchev–Trinajstić information content (AvgIpc) is 3.35. The van der Waals surface area contributed by atoms with E-state index in [0.29, 0.717) is 11.6 Å². The monoisotopic (exact) mass is 337 g/mol. The van der Waals surface area contributed by atoms with E-state index in [0.717, 1.165) is 18.4 Å². The lowest BCUT2D eigenvalue weighted by Gasteiger charge is -2.23. The molecule has 1 aliphatic rings. The van der Waals surface area contributed by atoms with Crippen LogP contribution in [0, 0.1) is 5.92 Å². The van der Waals surface area contributed by atoms with Gasteiger partial charge in [-0.25, -0.2) is 0 Å². The number of benzene rings is 1. The van der Waals surface area contributed by atoms with Crippen LogP contribution in [0.1, 0.15) is 32.3 Å². The fourth-order valence-electron chi connectivity index (χ4n) is 2.28. The number of carbonyl (C=O) groups excluding carboxylic acids is 2. The van der Waals surface area contributed by atoms with Crippen LogP contribution in [0.2, 0.25) is 5.02 Å². The molecule has 0 bridgehead atoms. The molecule has 0 radical (unpaired) electrons. The predicted octanol–water partition coefficient (Wildman–Crippen LogP) is 1.93. The van der Waals surface area contributed by atoms with E-state index in [9.17, 15) is 9.59 Å². The first-order chi connectivity index (χ1) is 10.9. The molecule has 0 unspecified atom stereocenters. The van der Waals surface area contributed by atoms with Crippen LogP contribution in [-0.4, -0.2) is 35.3 Å². The number of hydrogen-bond acceptors (Lipinski definition) is 3. The van der Waals surface area contributed by atoms with Gasteiger partial charge < -0.3 is 16.0 Å². The third kappa shape index (κ3) is 5.22. The molecule has 23 heavy (non-hydrogen) atoms. The second kappa shape index (κ2) is 7.79. The van der Waals surface area contributed by atoms with Gasteiger partial charge in [0.25, 0.3) is 0 Å². The van der Waals surface area contributed by atoms with Crippen molar-refractivity contribution >= 4 is 23.4 Å². The molecule has 0 saturated heterocycles. The summed E-state index contributed by atoms with van der Waals surface area (Å²) in [6.07, 6.45) is 2.03. The number of nitrogens with zero attached hydrogens (tertiary/aromatic N) is 1. The zero-order chi connectivity index (χ0) is 17.0. The van der Waals surface area contributed by atoms with Crippen molar-refractivity contribution in [3.63, 3.8) is 0 Å². The Morgan fingerprint density at radius 1 is 1.30 bits per heavy atom. The third-order valence-electron chi connectivity index (χ3n) is 4.01. The van der Waals surface area contributed by atoms with Crippen molar-refractivity contribution in [3.8, 4) is 0 Å². The highest BCUT2D eigenvalue weighted by Gasteiger charge is 2.32. The minimum atomic E-state index is -0.589. The molecule has 2 rings (SSSR count). The molecule has 1 atom stereocenters. The first kappa shape index (κ1) is 17.8. The quantitative estimate of drug-likeness (QED) is 0.798. The van der Waals surface area contributed by atoms with Gasteiger partial charge in [0.1, 0.15) is 0 Å². The highest BCUT2D eigenvalue weighted by molar-refractivity contribution is 6.30. The largest absolute Gasteiger partial charge is 0.346 e. The van der Waals surface area contributed by atoms with E-state index >= 15 is 0 Å². The smallest absolute Gasteiger partial charge is 0.242 e. The van der Waals surface area contributed by atoms with Crippen LogP contribution < -0.4 is 11.1 Å². The molecular formula is C17H24ClN3O2. The summed E-state index contributed by atoms with van der Waals surface area (Å²) in [7, 11) is 0. The van der Waals surface area contributed by atoms with Gasteiger partial charge in [-0.3, -0.25) is 9.59 Å². The summed E-state index contributed by atoms with van der Waals surface area (Å²) in [5.41, 5.74) is 6.81. The molecule has 0 spiro atoms. The summed E-state index contributed by atoms with van der Waals surface area (Å²) < 4.78 is 0. The zero-order valence-electron chi connectivity index (χ0n) is 13.6. The van der Waals surface area contributed by atoms with Crippen molar-refractivity contribution in [3.05, 3.63) is 34.9 Å². The van der Waals surface area contributed by atoms with Crippen molar-refractivity contribution in [2.45, 2.75) is 45.3 Å². The standard InChI is InChI=1S/C17H24ClN3O2/c1-11(2)16(19)17(23)20-9-15(22)21(14-7-8-14)10-12-3-5-13(18)6-4-12/h3-6,11,14,16H,7-10,19H2,1-2H3,(H,20,23)/t16-/m0/s1. The van der Waals surface area contributed by atoms with Gasteiger partial charge in [0, 0.05) is 17.6 Å². The maximum Gasteiger partial charge on any atom is 0.242 e. The van der Waals surface area contributed by atoms with Gasteiger partial charge in [-0.15, -0.1) is 0 Å². The number of nitrogens with two attached hydrogens (primary N) is 1. The molecule has 0 aliphatic heterocycles. The minimum Gasteiger partial charge on any atom is -0.346 e. The lowest BCUT2D eigenvalue weighted by molar-refractivity contribution is -0.134. The van der Waals surface area contributed by atoms with E-state index in [1.54, 1.807) is 0 Å². The Kier molecular flexibility index (Phi) is 6.02. The molecule has 1 aliphatic carbocycles. The fraction of sp³-hybridized carbons (Fsp3) is 0.529. The summed E-state index contributed by atoms with van der Waals surface area (Å²) in [6.45, 7) is 4.28. The number of amides is 2. The average molecular weight is 338 g/mol. The minimum absolute atomic E-state index is 0.0106. The predicted molar refractivity (Wildman–Crippen MR) is 90.8 cm³/mol. The third-order valence-corrected chi connectivity index (χ3v) is 4.26. The number of hydrogen-bond donors (Lipinski definition) is 2. The van der Waals surface area contributed by atoms with Gasteiger partial charge in [-0.1, -0.05) is 37.6 Å². The summed E-state index contributed by atoms with van der Waals surface area (Å²) in [4.78, 5) is 26.1. The lowest BCUT2D eigenvalue weighted by atomic mass is 10.1. The van der Waals surface area contributed by atoms with Crippen LogP contribution in [0.5, 0.6) is 0 Å². The topological polar surface area (TPSA) is 75.4 Å². The van der Waals surface area contributed by atoms with Crippen molar-refractivity contribution in [1.29, 1.82) is 0 Å². The maximum atomic E-state index is 12.4. The molecule has 2 amide bonds. The van der Waals surface area contributed by atoms with Crippen molar-refractivity contribution in [2.24, 2.45) is 11.7 Å². The van der Waals surface area contributed by atoms with Crippen molar-refractivity contribution in [1.82, 2.24) is 10.2 Å². The molecule has 6 heteroatoms. The molecule has 3 N–H and O–H groups in total. The van der Waals surface area contributed by atoms with E-state index in [4.69, 9.17) is 17.3 Å². The summed E-state index contributed by atoms with van der Waals surface area (Å²) in [6, 6.07) is 7.14. The highest BCUT2D eigenvalue weighted by atomic mass is 35.5. The Balaban J connectivity index is 1.91. The van der Waals surface area contributed by atoms with Gasteiger partial charge in [-0.2, -0.15) is 0 Å². The molecule has 0 aromatic heterocycles. The van der Waals surface area contributed by atoms with Crippen LogP contribution >= 0.6 is 11.6 Å². The number of nitrogens with one attached hydrogen (secondary N) is 1. The van der Waals surface area contributed by atoms with Gasteiger partial charge in [-0.05, 0) is 36.5 Å². The first-order valence-electron chi connectivity index (χ1n) is 7.95. The fourth-order valence-corrected chi connectivity index (χ4v) is 2.40. The van der Waals surface area contributed by atoms with Gasteiger partial charge in [0.05, 0.1) is 12.6 Å². The van der Waals surface area contributed by atoms with E-state index in [1.165, 1.54) is 0 Å². The second-order valence-electron chi connectivity index (χ2n) is 6.37. The molecular weight excluding hydrogens is 314 g/mol. The number of rotatable bonds is 7. The first-order valence-corrected chi connectivity index (χ1v) is 8.33. The summed E-state index contributed by atoms with van der Waals surface area (Å²) in [5.74, 6) is -0.318. The Morgan fingerprint density at radius 2 is 1.91 bits per heavy atom. The molecule has 1 aromatic carbocycles. The summed E-state index contributed by atoms with van der Waals surface area (Å²) >= 11 is 5.89. The Labute approximate surface area is 142 Å². The summed E-state index contributed by atoms with van der Waals surface area (Å²) in [5, 5.41) is 3.32. The van der Waals surface area contributed by atoms with Crippen molar-refractivity contribution in [2.75, 3.05) is 6.54 Å². The van der Waals surface area contributed by atoms with Crippen LogP contribution in [0.25, 0.3) is 0 Å². The van der Waals surface area contributed by atoms with Crippen LogP contribution in [0.3, 0.4) is 0 Å². The Morgan fingerprint density at radius 3 is 2.43 bits per heavy atom. The van der Waals surface area contributed by atoms with E-state index < -0.39 is 6.04 Å². The Hall–Kier alpha value is -1.59. The molecule has 126 valence electrons.